The lowest BCUT2D eigenvalue weighted by Crippen LogP contribution is -2.03. The van der Waals surface area contributed by atoms with Crippen LogP contribution in [-0.2, 0) is 6.42 Å². The molecule has 0 radical (unpaired) electrons. The van der Waals surface area contributed by atoms with Gasteiger partial charge in [0.25, 0.3) is 0 Å². The van der Waals surface area contributed by atoms with Crippen molar-refractivity contribution in [3.63, 3.8) is 0 Å². The molecule has 0 aliphatic carbocycles. The molecule has 1 nitrogen and oxygen atoms in total. The summed E-state index contributed by atoms with van der Waals surface area (Å²) in [7, 11) is 0. The summed E-state index contributed by atoms with van der Waals surface area (Å²) in [6.07, 6.45) is 6.27. The Hall–Kier alpha value is -0.730. The van der Waals surface area contributed by atoms with Gasteiger partial charge in [0.15, 0.2) is 0 Å². The van der Waals surface area contributed by atoms with E-state index in [1.807, 2.05) is 0 Å². The lowest BCUT2D eigenvalue weighted by Gasteiger charge is -2.03. The van der Waals surface area contributed by atoms with Gasteiger partial charge in [-0.05, 0) is 36.3 Å². The normalized spacial score (nSPS) is 11.0. The van der Waals surface area contributed by atoms with Crippen LogP contribution in [-0.4, -0.2) is 12.3 Å². The summed E-state index contributed by atoms with van der Waals surface area (Å²) in [5.74, 6) is 0.898. The van der Waals surface area contributed by atoms with Crippen molar-refractivity contribution >= 4 is 18.7 Å². The van der Waals surface area contributed by atoms with Crippen LogP contribution in [0, 0.1) is 0 Å². The summed E-state index contributed by atoms with van der Waals surface area (Å²) >= 11 is 4.16. The zero-order valence-corrected chi connectivity index (χ0v) is 9.21. The molecular formula is C12H17NS. The van der Waals surface area contributed by atoms with Crippen LogP contribution in [0.3, 0.4) is 0 Å². The molecule has 2 N–H and O–H groups in total. The second kappa shape index (κ2) is 6.68. The molecule has 0 aliphatic rings. The van der Waals surface area contributed by atoms with Crippen molar-refractivity contribution in [2.24, 2.45) is 5.73 Å². The highest BCUT2D eigenvalue weighted by Crippen LogP contribution is 2.11. The van der Waals surface area contributed by atoms with Gasteiger partial charge in [0.1, 0.15) is 0 Å². The largest absolute Gasteiger partial charge is 0.330 e. The molecule has 0 amide bonds. The van der Waals surface area contributed by atoms with E-state index in [-0.39, 0.29) is 0 Å². The van der Waals surface area contributed by atoms with E-state index in [1.54, 1.807) is 0 Å². The Kier molecular flexibility index (Phi) is 5.42. The minimum Gasteiger partial charge on any atom is -0.330 e. The lowest BCUT2D eigenvalue weighted by atomic mass is 10.0. The van der Waals surface area contributed by atoms with Crippen LogP contribution in [0.5, 0.6) is 0 Å². The minimum atomic E-state index is 0.706. The average molecular weight is 207 g/mol. The number of rotatable bonds is 5. The molecule has 0 fully saturated rings. The number of hydrogen-bond acceptors (Lipinski definition) is 2. The molecule has 0 unspecified atom stereocenters. The lowest BCUT2D eigenvalue weighted by molar-refractivity contribution is 0.966. The predicted octanol–water partition coefficient (Wildman–Crippen LogP) is 2.52. The Bertz CT molecular complexity index is 294. The zero-order chi connectivity index (χ0) is 10.2. The van der Waals surface area contributed by atoms with Crippen LogP contribution in [0.4, 0.5) is 0 Å². The number of thiol groups is 1. The van der Waals surface area contributed by atoms with Gasteiger partial charge in [-0.15, -0.1) is 0 Å². The third-order valence-electron chi connectivity index (χ3n) is 2.06. The van der Waals surface area contributed by atoms with Gasteiger partial charge in [-0.2, -0.15) is 12.6 Å². The van der Waals surface area contributed by atoms with Crippen LogP contribution in [0.25, 0.3) is 6.08 Å². The van der Waals surface area contributed by atoms with Gasteiger partial charge in [-0.3, -0.25) is 0 Å². The number of nitrogens with two attached hydrogens (primary N) is 1. The van der Waals surface area contributed by atoms with E-state index in [2.05, 4.69) is 49.0 Å². The predicted molar refractivity (Wildman–Crippen MR) is 66.7 cm³/mol. The van der Waals surface area contributed by atoms with Crippen LogP contribution in [0.15, 0.2) is 30.3 Å². The van der Waals surface area contributed by atoms with Crippen LogP contribution >= 0.6 is 12.6 Å². The molecule has 1 aromatic rings. The summed E-state index contributed by atoms with van der Waals surface area (Å²) in [6, 6.07) is 8.37. The topological polar surface area (TPSA) is 26.0 Å². The Balaban J connectivity index is 2.73. The van der Waals surface area contributed by atoms with Crippen molar-refractivity contribution in [2.75, 3.05) is 12.3 Å². The SMILES string of the molecule is NCCc1ccccc1C=CCCS. The van der Waals surface area contributed by atoms with E-state index < -0.39 is 0 Å². The molecule has 0 atom stereocenters. The Morgan fingerprint density at radius 2 is 2.07 bits per heavy atom. The maximum atomic E-state index is 5.55. The molecule has 76 valence electrons. The molecule has 0 aliphatic heterocycles. The van der Waals surface area contributed by atoms with E-state index in [1.165, 1.54) is 11.1 Å². The molecule has 0 saturated carbocycles. The highest BCUT2D eigenvalue weighted by Gasteiger charge is 1.95. The van der Waals surface area contributed by atoms with Gasteiger partial charge in [0, 0.05) is 0 Å². The first kappa shape index (κ1) is 11.3. The smallest absolute Gasteiger partial charge is 0.00365 e. The summed E-state index contributed by atoms with van der Waals surface area (Å²) in [5.41, 5.74) is 8.15. The van der Waals surface area contributed by atoms with E-state index in [4.69, 9.17) is 5.73 Å². The van der Waals surface area contributed by atoms with Gasteiger partial charge in [0.2, 0.25) is 0 Å². The van der Waals surface area contributed by atoms with Crippen LogP contribution < -0.4 is 5.73 Å². The van der Waals surface area contributed by atoms with Crippen LogP contribution in [0.2, 0.25) is 0 Å². The fourth-order valence-electron chi connectivity index (χ4n) is 1.36. The minimum absolute atomic E-state index is 0.706. The zero-order valence-electron chi connectivity index (χ0n) is 8.32. The third kappa shape index (κ3) is 3.56. The van der Waals surface area contributed by atoms with Crippen molar-refractivity contribution < 1.29 is 0 Å². The van der Waals surface area contributed by atoms with Gasteiger partial charge in [-0.25, -0.2) is 0 Å². The standard InChI is InChI=1S/C12H17NS/c13-9-8-12-6-2-1-5-11(12)7-3-4-10-14/h1-3,5-7,14H,4,8-10,13H2. The van der Waals surface area contributed by atoms with Crippen LogP contribution in [0.1, 0.15) is 17.5 Å². The molecule has 0 saturated heterocycles. The van der Waals surface area contributed by atoms with E-state index in [0.717, 1.165) is 18.6 Å². The Labute approximate surface area is 91.4 Å². The molecule has 1 aromatic carbocycles. The van der Waals surface area contributed by atoms with Gasteiger partial charge in [0.05, 0.1) is 0 Å². The fourth-order valence-corrected chi connectivity index (χ4v) is 1.51. The molecule has 0 bridgehead atoms. The quantitative estimate of drug-likeness (QED) is 0.713. The summed E-state index contributed by atoms with van der Waals surface area (Å²) in [4.78, 5) is 0. The van der Waals surface area contributed by atoms with Crippen molar-refractivity contribution in [1.29, 1.82) is 0 Å². The highest BCUT2D eigenvalue weighted by molar-refractivity contribution is 7.80. The third-order valence-corrected chi connectivity index (χ3v) is 2.32. The van der Waals surface area contributed by atoms with Crippen molar-refractivity contribution in [1.82, 2.24) is 0 Å². The van der Waals surface area contributed by atoms with Gasteiger partial charge >= 0.3 is 0 Å². The van der Waals surface area contributed by atoms with Crippen molar-refractivity contribution in [3.05, 3.63) is 41.5 Å². The van der Waals surface area contributed by atoms with Crippen molar-refractivity contribution in [3.8, 4) is 0 Å². The summed E-state index contributed by atoms with van der Waals surface area (Å²) < 4.78 is 0. The molecule has 2 heteroatoms. The van der Waals surface area contributed by atoms with E-state index in [9.17, 15) is 0 Å². The number of allylic oxidation sites excluding steroid dienone is 1. The molecular weight excluding hydrogens is 190 g/mol. The van der Waals surface area contributed by atoms with Crippen molar-refractivity contribution in [2.45, 2.75) is 12.8 Å². The fraction of sp³-hybridized carbons (Fsp3) is 0.333. The molecule has 0 aromatic heterocycles. The number of hydrogen-bond donors (Lipinski definition) is 2. The van der Waals surface area contributed by atoms with Gasteiger partial charge in [-0.1, -0.05) is 36.4 Å². The summed E-state index contributed by atoms with van der Waals surface area (Å²) in [5, 5.41) is 0. The highest BCUT2D eigenvalue weighted by atomic mass is 32.1. The molecule has 0 spiro atoms. The Morgan fingerprint density at radius 3 is 2.79 bits per heavy atom. The second-order valence-electron chi connectivity index (χ2n) is 3.15. The first-order valence-electron chi connectivity index (χ1n) is 4.94. The van der Waals surface area contributed by atoms with E-state index in [0.29, 0.717) is 6.54 Å². The number of benzene rings is 1. The molecule has 0 heterocycles. The first-order valence-corrected chi connectivity index (χ1v) is 5.57. The van der Waals surface area contributed by atoms with E-state index >= 15 is 0 Å². The first-order chi connectivity index (χ1) is 6.88. The maximum absolute atomic E-state index is 5.55. The average Bonchev–Trinajstić information content (AvgIpc) is 2.21. The second-order valence-corrected chi connectivity index (χ2v) is 3.60. The Morgan fingerprint density at radius 1 is 1.29 bits per heavy atom. The monoisotopic (exact) mass is 207 g/mol. The summed E-state index contributed by atoms with van der Waals surface area (Å²) in [6.45, 7) is 0.706. The van der Waals surface area contributed by atoms with Gasteiger partial charge < -0.3 is 5.73 Å². The molecule has 14 heavy (non-hydrogen) atoms. The maximum Gasteiger partial charge on any atom is -0.00365 e. The molecule has 1 rings (SSSR count).